The smallest absolute Gasteiger partial charge is 0.141 e. The van der Waals surface area contributed by atoms with Crippen LogP contribution in [0.4, 0.5) is 0 Å². The minimum atomic E-state index is 0.674. The number of halogens is 2. The number of nitrogens with one attached hydrogen (secondary N) is 1. The fourth-order valence-electron chi connectivity index (χ4n) is 1.98. The van der Waals surface area contributed by atoms with Gasteiger partial charge in [-0.1, -0.05) is 30.7 Å². The molecule has 0 heterocycles. The molecule has 21 heavy (non-hydrogen) atoms. The van der Waals surface area contributed by atoms with E-state index in [4.69, 9.17) is 16.3 Å². The van der Waals surface area contributed by atoms with E-state index in [1.165, 1.54) is 5.56 Å². The number of benzene rings is 2. The summed E-state index contributed by atoms with van der Waals surface area (Å²) in [6.07, 6.45) is 1.10. The predicted molar refractivity (Wildman–Crippen MR) is 92.4 cm³/mol. The zero-order valence-electron chi connectivity index (χ0n) is 12.2. The summed E-state index contributed by atoms with van der Waals surface area (Å²) in [5.74, 6) is 1.58. The van der Waals surface area contributed by atoms with Gasteiger partial charge in [0.05, 0.1) is 4.47 Å². The van der Waals surface area contributed by atoms with Crippen LogP contribution in [0.1, 0.15) is 24.5 Å². The predicted octanol–water partition coefficient (Wildman–Crippen LogP) is 5.70. The van der Waals surface area contributed by atoms with Crippen LogP contribution in [-0.4, -0.2) is 6.54 Å². The molecule has 0 saturated heterocycles. The molecule has 0 aliphatic heterocycles. The maximum absolute atomic E-state index is 6.10. The van der Waals surface area contributed by atoms with Gasteiger partial charge in [0.25, 0.3) is 0 Å². The Kier molecular flexibility index (Phi) is 6.09. The Bertz CT molecular complexity index is 616. The Labute approximate surface area is 139 Å². The van der Waals surface area contributed by atoms with Crippen LogP contribution in [0.15, 0.2) is 40.9 Å². The van der Waals surface area contributed by atoms with E-state index in [-0.39, 0.29) is 0 Å². The summed E-state index contributed by atoms with van der Waals surface area (Å²) in [5.41, 5.74) is 2.28. The van der Waals surface area contributed by atoms with Crippen molar-refractivity contribution in [3.63, 3.8) is 0 Å². The molecule has 2 aromatic carbocycles. The highest BCUT2D eigenvalue weighted by Gasteiger charge is 2.08. The SMILES string of the molecule is CCCNCc1ccc(Cl)cc1Oc1ccc(C)cc1Br. The van der Waals surface area contributed by atoms with Gasteiger partial charge in [0, 0.05) is 17.1 Å². The van der Waals surface area contributed by atoms with Crippen LogP contribution in [0.3, 0.4) is 0 Å². The van der Waals surface area contributed by atoms with Gasteiger partial charge < -0.3 is 10.1 Å². The number of hydrogen-bond acceptors (Lipinski definition) is 2. The molecule has 0 amide bonds. The van der Waals surface area contributed by atoms with Crippen LogP contribution < -0.4 is 10.1 Å². The van der Waals surface area contributed by atoms with Crippen molar-refractivity contribution >= 4 is 27.5 Å². The van der Waals surface area contributed by atoms with Gasteiger partial charge in [0.15, 0.2) is 0 Å². The van der Waals surface area contributed by atoms with Crippen LogP contribution in [0.5, 0.6) is 11.5 Å². The molecule has 4 heteroatoms. The fourth-order valence-corrected chi connectivity index (χ4v) is 2.71. The van der Waals surface area contributed by atoms with E-state index in [0.29, 0.717) is 5.02 Å². The molecule has 0 aromatic heterocycles. The van der Waals surface area contributed by atoms with E-state index in [1.807, 2.05) is 43.3 Å². The van der Waals surface area contributed by atoms with E-state index in [9.17, 15) is 0 Å². The van der Waals surface area contributed by atoms with E-state index >= 15 is 0 Å². The lowest BCUT2D eigenvalue weighted by Gasteiger charge is -2.13. The molecule has 112 valence electrons. The second kappa shape index (κ2) is 7.83. The van der Waals surface area contributed by atoms with Crippen LogP contribution in [0.2, 0.25) is 5.02 Å². The van der Waals surface area contributed by atoms with Crippen molar-refractivity contribution in [2.45, 2.75) is 26.8 Å². The molecule has 0 aliphatic rings. The Hall–Kier alpha value is -1.03. The molecule has 1 N–H and O–H groups in total. The molecule has 0 aliphatic carbocycles. The lowest BCUT2D eigenvalue weighted by atomic mass is 10.2. The van der Waals surface area contributed by atoms with Crippen molar-refractivity contribution in [1.29, 1.82) is 0 Å². The zero-order chi connectivity index (χ0) is 15.2. The summed E-state index contributed by atoms with van der Waals surface area (Å²) >= 11 is 9.64. The first-order chi connectivity index (χ1) is 10.1. The molecular formula is C17H19BrClNO. The highest BCUT2D eigenvalue weighted by Crippen LogP contribution is 2.33. The standard InChI is InChI=1S/C17H19BrClNO/c1-3-8-20-11-13-5-6-14(19)10-17(13)21-16-7-4-12(2)9-15(16)18/h4-7,9-10,20H,3,8,11H2,1-2H3. The third-order valence-corrected chi connectivity index (χ3v) is 3.93. The summed E-state index contributed by atoms with van der Waals surface area (Å²) in [6.45, 7) is 5.95. The number of rotatable bonds is 6. The average Bonchev–Trinajstić information content (AvgIpc) is 2.44. The van der Waals surface area contributed by atoms with Crippen molar-refractivity contribution in [3.8, 4) is 11.5 Å². The molecule has 0 saturated carbocycles. The van der Waals surface area contributed by atoms with Gasteiger partial charge in [-0.15, -0.1) is 0 Å². The highest BCUT2D eigenvalue weighted by atomic mass is 79.9. The lowest BCUT2D eigenvalue weighted by molar-refractivity contribution is 0.469. The summed E-state index contributed by atoms with van der Waals surface area (Å²) in [6, 6.07) is 11.8. The summed E-state index contributed by atoms with van der Waals surface area (Å²) in [4.78, 5) is 0. The van der Waals surface area contributed by atoms with Crippen molar-refractivity contribution in [2.24, 2.45) is 0 Å². The highest BCUT2D eigenvalue weighted by molar-refractivity contribution is 9.10. The third-order valence-electron chi connectivity index (χ3n) is 3.08. The molecule has 2 aromatic rings. The Morgan fingerprint density at radius 1 is 1.14 bits per heavy atom. The fraction of sp³-hybridized carbons (Fsp3) is 0.294. The topological polar surface area (TPSA) is 21.3 Å². The summed E-state index contributed by atoms with van der Waals surface area (Å²) in [5, 5.41) is 4.06. The van der Waals surface area contributed by atoms with E-state index in [0.717, 1.165) is 41.0 Å². The molecule has 0 spiro atoms. The number of hydrogen-bond donors (Lipinski definition) is 1. The van der Waals surface area contributed by atoms with E-state index in [2.05, 4.69) is 28.2 Å². The molecule has 2 nitrogen and oxygen atoms in total. The maximum atomic E-state index is 6.10. The summed E-state index contributed by atoms with van der Waals surface area (Å²) < 4.78 is 6.98. The quantitative estimate of drug-likeness (QED) is 0.660. The minimum Gasteiger partial charge on any atom is -0.456 e. The van der Waals surface area contributed by atoms with Crippen molar-refractivity contribution in [2.75, 3.05) is 6.54 Å². The van der Waals surface area contributed by atoms with Crippen LogP contribution in [0, 0.1) is 6.92 Å². The largest absolute Gasteiger partial charge is 0.456 e. The second-order valence-corrected chi connectivity index (χ2v) is 6.26. The van der Waals surface area contributed by atoms with Gasteiger partial charge >= 0.3 is 0 Å². The molecule has 2 rings (SSSR count). The average molecular weight is 369 g/mol. The first-order valence-corrected chi connectivity index (χ1v) is 8.20. The molecule has 0 atom stereocenters. The lowest BCUT2D eigenvalue weighted by Crippen LogP contribution is -2.14. The summed E-state index contributed by atoms with van der Waals surface area (Å²) in [7, 11) is 0. The molecular weight excluding hydrogens is 350 g/mol. The maximum Gasteiger partial charge on any atom is 0.141 e. The Morgan fingerprint density at radius 3 is 2.67 bits per heavy atom. The second-order valence-electron chi connectivity index (χ2n) is 4.96. The van der Waals surface area contributed by atoms with Crippen LogP contribution in [0.25, 0.3) is 0 Å². The monoisotopic (exact) mass is 367 g/mol. The van der Waals surface area contributed by atoms with Gasteiger partial charge in [0.1, 0.15) is 11.5 Å². The minimum absolute atomic E-state index is 0.674. The van der Waals surface area contributed by atoms with Crippen molar-refractivity contribution in [1.82, 2.24) is 5.32 Å². The third kappa shape index (κ3) is 4.73. The molecule has 0 unspecified atom stereocenters. The van der Waals surface area contributed by atoms with Gasteiger partial charge in [0.2, 0.25) is 0 Å². The molecule has 0 radical (unpaired) electrons. The Balaban J connectivity index is 2.22. The zero-order valence-corrected chi connectivity index (χ0v) is 14.6. The normalized spacial score (nSPS) is 10.7. The number of aryl methyl sites for hydroxylation is 1. The van der Waals surface area contributed by atoms with E-state index < -0.39 is 0 Å². The van der Waals surface area contributed by atoms with Gasteiger partial charge in [-0.3, -0.25) is 0 Å². The van der Waals surface area contributed by atoms with Gasteiger partial charge in [-0.2, -0.15) is 0 Å². The van der Waals surface area contributed by atoms with Crippen LogP contribution >= 0.6 is 27.5 Å². The van der Waals surface area contributed by atoms with Crippen molar-refractivity contribution in [3.05, 3.63) is 57.0 Å². The number of ether oxygens (including phenoxy) is 1. The van der Waals surface area contributed by atoms with Crippen molar-refractivity contribution < 1.29 is 4.74 Å². The van der Waals surface area contributed by atoms with Gasteiger partial charge in [-0.25, -0.2) is 0 Å². The first-order valence-electron chi connectivity index (χ1n) is 7.03. The van der Waals surface area contributed by atoms with E-state index in [1.54, 1.807) is 0 Å². The Morgan fingerprint density at radius 2 is 1.95 bits per heavy atom. The van der Waals surface area contributed by atoms with Gasteiger partial charge in [-0.05, 0) is 65.6 Å². The van der Waals surface area contributed by atoms with Crippen LogP contribution in [-0.2, 0) is 6.54 Å². The molecule has 0 fully saturated rings. The molecule has 0 bridgehead atoms. The first kappa shape index (κ1) is 16.3.